The summed E-state index contributed by atoms with van der Waals surface area (Å²) in [6, 6.07) is 46.8. The van der Waals surface area contributed by atoms with Crippen LogP contribution >= 0.6 is 11.3 Å². The Labute approximate surface area is 263 Å². The van der Waals surface area contributed by atoms with E-state index < -0.39 is 0 Å². The fourth-order valence-corrected chi connectivity index (χ4v) is 6.18. The van der Waals surface area contributed by atoms with Crippen LogP contribution in [0.15, 0.2) is 134 Å². The Morgan fingerprint density at radius 2 is 1.36 bits per heavy atom. The summed E-state index contributed by atoms with van der Waals surface area (Å²) in [5.74, 6) is 0.231. The number of para-hydroxylation sites is 2. The summed E-state index contributed by atoms with van der Waals surface area (Å²) in [5, 5.41) is 11.3. The molecule has 7 rings (SSSR count). The van der Waals surface area contributed by atoms with Gasteiger partial charge in [-0.3, -0.25) is 4.98 Å². The Balaban J connectivity index is 0.00000316. The van der Waals surface area contributed by atoms with Gasteiger partial charge < -0.3 is 5.11 Å². The molecule has 2 aromatic heterocycles. The van der Waals surface area contributed by atoms with Crippen molar-refractivity contribution < 1.29 is 26.2 Å². The number of phenolic OH excluding ortho intramolecular Hbond substituents is 1. The second-order valence-corrected chi connectivity index (χ2v) is 11.0. The molecule has 0 radical (unpaired) electrons. The van der Waals surface area contributed by atoms with Gasteiger partial charge in [0.25, 0.3) is 0 Å². The van der Waals surface area contributed by atoms with Crippen LogP contribution in [0.4, 0.5) is 0 Å². The van der Waals surface area contributed by atoms with Crippen LogP contribution < -0.4 is 0 Å². The van der Waals surface area contributed by atoms with Gasteiger partial charge >= 0.3 is 0 Å². The van der Waals surface area contributed by atoms with E-state index in [1.54, 1.807) is 17.4 Å². The number of thiazole rings is 1. The topological polar surface area (TPSA) is 46.0 Å². The van der Waals surface area contributed by atoms with E-state index in [0.29, 0.717) is 0 Å². The van der Waals surface area contributed by atoms with E-state index in [9.17, 15) is 5.11 Å². The minimum atomic E-state index is 0. The molecule has 3 nitrogen and oxygen atoms in total. The smallest absolute Gasteiger partial charge is 0.127 e. The Kier molecular flexibility index (Phi) is 8.10. The van der Waals surface area contributed by atoms with E-state index in [2.05, 4.69) is 97.1 Å². The van der Waals surface area contributed by atoms with Crippen molar-refractivity contribution in [2.45, 2.75) is 6.42 Å². The molecule has 0 bridgehead atoms. The molecule has 5 aromatic carbocycles. The normalized spacial score (nSPS) is 10.9. The second-order valence-electron chi connectivity index (χ2n) is 9.96. The number of aromatic nitrogens is 2. The number of phenols is 1. The third-order valence-corrected chi connectivity index (χ3v) is 8.23. The van der Waals surface area contributed by atoms with Crippen molar-refractivity contribution in [2.24, 2.45) is 0 Å². The van der Waals surface area contributed by atoms with Crippen LogP contribution in [0.2, 0.25) is 0 Å². The van der Waals surface area contributed by atoms with Crippen LogP contribution in [-0.4, -0.2) is 15.1 Å². The van der Waals surface area contributed by atoms with Gasteiger partial charge in [0.15, 0.2) is 0 Å². The molecule has 2 heterocycles. The van der Waals surface area contributed by atoms with Gasteiger partial charge in [-0.1, -0.05) is 108 Å². The number of hydrogen-bond donors (Lipinski definition) is 1. The van der Waals surface area contributed by atoms with E-state index >= 15 is 0 Å². The van der Waals surface area contributed by atoms with Crippen molar-refractivity contribution >= 4 is 21.6 Å². The van der Waals surface area contributed by atoms with E-state index in [1.807, 2.05) is 36.5 Å². The Hall–Kier alpha value is -4.37. The maximum Gasteiger partial charge on any atom is 0.127 e. The molecule has 0 fully saturated rings. The molecule has 0 aliphatic rings. The molecule has 42 heavy (non-hydrogen) atoms. The van der Waals surface area contributed by atoms with Gasteiger partial charge in [-0.25, -0.2) is 4.98 Å². The van der Waals surface area contributed by atoms with E-state index in [4.69, 9.17) is 9.97 Å². The first kappa shape index (κ1) is 27.8. The first-order valence-electron chi connectivity index (χ1n) is 13.5. The number of aromatic hydroxyl groups is 1. The minimum absolute atomic E-state index is 0. The van der Waals surface area contributed by atoms with Gasteiger partial charge in [0.2, 0.25) is 0 Å². The van der Waals surface area contributed by atoms with Gasteiger partial charge in [-0.05, 0) is 47.4 Å². The fourth-order valence-electron chi connectivity index (χ4n) is 5.15. The molecular formula is C37H25N2OPtS-. The predicted octanol–water partition coefficient (Wildman–Crippen LogP) is 9.45. The Bertz CT molecular complexity index is 1990. The van der Waals surface area contributed by atoms with Crippen LogP contribution in [0.5, 0.6) is 5.75 Å². The van der Waals surface area contributed by atoms with Crippen molar-refractivity contribution in [1.29, 1.82) is 0 Å². The molecule has 0 spiro atoms. The van der Waals surface area contributed by atoms with Gasteiger partial charge in [-0.15, -0.1) is 35.1 Å². The maximum absolute atomic E-state index is 10.5. The van der Waals surface area contributed by atoms with Gasteiger partial charge in [0.1, 0.15) is 10.8 Å². The largest absolute Gasteiger partial charge is 0.507 e. The molecule has 206 valence electrons. The summed E-state index contributed by atoms with van der Waals surface area (Å²) < 4.78 is 1.06. The van der Waals surface area contributed by atoms with Crippen molar-refractivity contribution in [3.05, 3.63) is 151 Å². The molecule has 1 N–H and O–H groups in total. The molecule has 7 aromatic rings. The predicted molar refractivity (Wildman–Crippen MR) is 169 cm³/mol. The molecule has 0 amide bonds. The summed E-state index contributed by atoms with van der Waals surface area (Å²) in [7, 11) is 0. The first-order chi connectivity index (χ1) is 20.2. The van der Waals surface area contributed by atoms with Crippen LogP contribution in [-0.2, 0) is 27.5 Å². The third kappa shape index (κ3) is 5.69. The fraction of sp³-hybridized carbons (Fsp3) is 0.0270. The molecule has 0 saturated carbocycles. The molecular weight excluding hydrogens is 716 g/mol. The van der Waals surface area contributed by atoms with Gasteiger partial charge in [0, 0.05) is 37.7 Å². The third-order valence-electron chi connectivity index (χ3n) is 7.17. The van der Waals surface area contributed by atoms with Crippen LogP contribution in [0.25, 0.3) is 54.3 Å². The molecule has 0 atom stereocenters. The quantitative estimate of drug-likeness (QED) is 0.173. The van der Waals surface area contributed by atoms with E-state index in [0.717, 1.165) is 60.7 Å². The Morgan fingerprint density at radius 3 is 2.17 bits per heavy atom. The summed E-state index contributed by atoms with van der Waals surface area (Å²) in [6.07, 6.45) is 2.73. The summed E-state index contributed by atoms with van der Waals surface area (Å²) in [5.41, 5.74) is 10.1. The zero-order valence-electron chi connectivity index (χ0n) is 22.5. The van der Waals surface area contributed by atoms with Crippen molar-refractivity contribution in [3.8, 4) is 49.8 Å². The minimum Gasteiger partial charge on any atom is -0.507 e. The SMILES string of the molecule is Oc1ccccc1-c1nc2c(-c3[c-]c(-c4cc(Cc5ccccc5)ccn4)cc(-c4ccccc4)c3)cccc2s1.[Pt]. The van der Waals surface area contributed by atoms with Crippen LogP contribution in [0, 0.1) is 6.07 Å². The zero-order chi connectivity index (χ0) is 27.6. The number of rotatable bonds is 6. The zero-order valence-corrected chi connectivity index (χ0v) is 25.6. The molecule has 0 unspecified atom stereocenters. The van der Waals surface area contributed by atoms with Crippen LogP contribution in [0.3, 0.4) is 0 Å². The van der Waals surface area contributed by atoms with E-state index in [-0.39, 0.29) is 26.8 Å². The maximum atomic E-state index is 10.5. The first-order valence-corrected chi connectivity index (χ1v) is 14.3. The molecule has 0 aliphatic heterocycles. The average Bonchev–Trinajstić information content (AvgIpc) is 3.47. The number of fused-ring (bicyclic) bond motifs is 1. The molecule has 5 heteroatoms. The Morgan fingerprint density at radius 1 is 0.643 bits per heavy atom. The van der Waals surface area contributed by atoms with Crippen molar-refractivity contribution in [2.75, 3.05) is 0 Å². The number of pyridine rings is 1. The summed E-state index contributed by atoms with van der Waals surface area (Å²) in [4.78, 5) is 9.77. The van der Waals surface area contributed by atoms with Crippen molar-refractivity contribution in [3.63, 3.8) is 0 Å². The van der Waals surface area contributed by atoms with E-state index in [1.165, 1.54) is 11.1 Å². The van der Waals surface area contributed by atoms with Gasteiger partial charge in [0.05, 0.1) is 11.1 Å². The summed E-state index contributed by atoms with van der Waals surface area (Å²) in [6.45, 7) is 0. The van der Waals surface area contributed by atoms with Gasteiger partial charge in [-0.2, -0.15) is 0 Å². The molecule has 0 saturated heterocycles. The monoisotopic (exact) mass is 740 g/mol. The average molecular weight is 741 g/mol. The van der Waals surface area contributed by atoms with Crippen LogP contribution in [0.1, 0.15) is 11.1 Å². The second kappa shape index (κ2) is 12.2. The van der Waals surface area contributed by atoms with Crippen molar-refractivity contribution in [1.82, 2.24) is 9.97 Å². The number of hydrogen-bond acceptors (Lipinski definition) is 4. The standard InChI is InChI=1S/C37H25N2OS.Pt/c40-34-16-8-7-14-32(34)37-39-36-31(15-9-17-35(36)41-37)29-22-28(27-12-5-2-6-13-27)23-30(24-29)33-21-26(18-19-38-33)20-25-10-3-1-4-11-25;/h1-19,21-23,40H,20H2;/q-1;. The summed E-state index contributed by atoms with van der Waals surface area (Å²) >= 11 is 1.58. The number of benzene rings is 5. The number of nitrogens with zero attached hydrogens (tertiary/aromatic N) is 2. The molecule has 0 aliphatic carbocycles.